The molecule has 0 saturated carbocycles. The highest BCUT2D eigenvalue weighted by atomic mass is 35.5. The lowest BCUT2D eigenvalue weighted by Gasteiger charge is -2.28. The average molecular weight is 454 g/mol. The van der Waals surface area contributed by atoms with Crippen LogP contribution in [-0.2, 0) is 19.3 Å². The third-order valence-corrected chi connectivity index (χ3v) is 6.40. The van der Waals surface area contributed by atoms with Crippen LogP contribution in [0.2, 0.25) is 0 Å². The topological polar surface area (TPSA) is 41.9 Å². The summed E-state index contributed by atoms with van der Waals surface area (Å²) in [5.41, 5.74) is 6.83. The molecule has 4 nitrogen and oxygen atoms in total. The number of fused-ring (bicyclic) bond motifs is 3. The lowest BCUT2D eigenvalue weighted by molar-refractivity contribution is 0.242. The lowest BCUT2D eigenvalue weighted by atomic mass is 9.89. The largest absolute Gasteiger partial charge is 0.504 e. The molecule has 1 atom stereocenters. The van der Waals surface area contributed by atoms with E-state index in [1.54, 1.807) is 14.2 Å². The fourth-order valence-corrected chi connectivity index (χ4v) is 4.61. The molecule has 1 heterocycles. The van der Waals surface area contributed by atoms with Crippen LogP contribution in [-0.4, -0.2) is 43.9 Å². The third-order valence-electron chi connectivity index (χ3n) is 6.40. The first-order valence-electron chi connectivity index (χ1n) is 10.8. The molecule has 5 heteroatoms. The summed E-state index contributed by atoms with van der Waals surface area (Å²) in [7, 11) is 5.48. The highest BCUT2D eigenvalue weighted by molar-refractivity contribution is 5.85. The van der Waals surface area contributed by atoms with E-state index in [1.165, 1.54) is 16.7 Å². The molecule has 1 aliphatic heterocycles. The summed E-state index contributed by atoms with van der Waals surface area (Å²) in [4.78, 5) is 2.45. The van der Waals surface area contributed by atoms with Crippen LogP contribution in [0.3, 0.4) is 0 Å². The quantitative estimate of drug-likeness (QED) is 0.570. The molecule has 0 bridgehead atoms. The number of rotatable bonds is 4. The standard InChI is InChI=1S/C27H31NO3.ClH/c1-18-6-5-7-19(14-18)15-22-16-21-9-11-25(31-4)27(29)26(21)24-17-23(30-3)10-8-20(24)12-13-28(22)2;/h5-11,14,17,22,29H,12-13,15-16H2,1-4H3;1H. The molecular weight excluding hydrogens is 422 g/mol. The zero-order valence-corrected chi connectivity index (χ0v) is 20.0. The normalized spacial score (nSPS) is 15.9. The number of hydrogen-bond acceptors (Lipinski definition) is 4. The smallest absolute Gasteiger partial charge is 0.165 e. The van der Waals surface area contributed by atoms with Gasteiger partial charge in [-0.3, -0.25) is 0 Å². The molecule has 0 aliphatic carbocycles. The first kappa shape index (κ1) is 24.0. The lowest BCUT2D eigenvalue weighted by Crippen LogP contribution is -2.36. The zero-order chi connectivity index (χ0) is 22.0. The van der Waals surface area contributed by atoms with Gasteiger partial charge in [0.15, 0.2) is 11.5 Å². The van der Waals surface area contributed by atoms with E-state index in [4.69, 9.17) is 9.47 Å². The van der Waals surface area contributed by atoms with Gasteiger partial charge in [0.05, 0.1) is 14.2 Å². The van der Waals surface area contributed by atoms with Crippen molar-refractivity contribution in [2.24, 2.45) is 0 Å². The van der Waals surface area contributed by atoms with Gasteiger partial charge in [0, 0.05) is 18.2 Å². The third kappa shape index (κ3) is 4.87. The Balaban J connectivity index is 0.00000289. The number of aromatic hydroxyl groups is 1. The first-order valence-corrected chi connectivity index (χ1v) is 10.8. The fraction of sp³-hybridized carbons (Fsp3) is 0.333. The number of aryl methyl sites for hydroxylation is 1. The SMILES string of the molecule is COc1ccc2c(c1)-c1c(ccc(OC)c1O)CC(Cc1cccc(C)c1)N(C)CC2.Cl. The Labute approximate surface area is 197 Å². The highest BCUT2D eigenvalue weighted by Gasteiger charge is 2.25. The Morgan fingerprint density at radius 2 is 1.78 bits per heavy atom. The summed E-state index contributed by atoms with van der Waals surface area (Å²) >= 11 is 0. The first-order chi connectivity index (χ1) is 15.0. The number of phenolic OH excluding ortho intramolecular Hbond substituents is 1. The Bertz CT molecular complexity index is 1080. The van der Waals surface area contributed by atoms with E-state index < -0.39 is 0 Å². The van der Waals surface area contributed by atoms with E-state index in [0.717, 1.165) is 48.2 Å². The molecule has 1 N–H and O–H groups in total. The molecule has 1 aliphatic rings. The molecule has 0 spiro atoms. The van der Waals surface area contributed by atoms with Crippen LogP contribution in [0.4, 0.5) is 0 Å². The second kappa shape index (κ2) is 10.3. The fourth-order valence-electron chi connectivity index (χ4n) is 4.61. The minimum absolute atomic E-state index is 0. The summed E-state index contributed by atoms with van der Waals surface area (Å²) < 4.78 is 11.0. The predicted octanol–water partition coefficient (Wildman–Crippen LogP) is 5.45. The molecule has 32 heavy (non-hydrogen) atoms. The van der Waals surface area contributed by atoms with Crippen LogP contribution < -0.4 is 9.47 Å². The van der Waals surface area contributed by atoms with Crippen LogP contribution in [0.1, 0.15) is 22.3 Å². The number of methoxy groups -OCH3 is 2. The van der Waals surface area contributed by atoms with E-state index in [-0.39, 0.29) is 18.2 Å². The van der Waals surface area contributed by atoms with Crippen molar-refractivity contribution in [3.05, 3.63) is 76.9 Å². The van der Waals surface area contributed by atoms with Crippen LogP contribution in [0.5, 0.6) is 17.2 Å². The molecule has 0 aromatic heterocycles. The zero-order valence-electron chi connectivity index (χ0n) is 19.2. The Kier molecular flexibility index (Phi) is 7.70. The maximum Gasteiger partial charge on any atom is 0.165 e. The highest BCUT2D eigenvalue weighted by Crippen LogP contribution is 2.43. The molecule has 170 valence electrons. The van der Waals surface area contributed by atoms with E-state index >= 15 is 0 Å². The Morgan fingerprint density at radius 1 is 1.00 bits per heavy atom. The van der Waals surface area contributed by atoms with Crippen molar-refractivity contribution in [1.29, 1.82) is 0 Å². The molecule has 3 aromatic rings. The van der Waals surface area contributed by atoms with Crippen molar-refractivity contribution in [2.45, 2.75) is 32.2 Å². The van der Waals surface area contributed by atoms with Gasteiger partial charge in [0.1, 0.15) is 5.75 Å². The van der Waals surface area contributed by atoms with Crippen molar-refractivity contribution in [2.75, 3.05) is 27.8 Å². The number of halogens is 1. The number of benzene rings is 3. The maximum absolute atomic E-state index is 11.2. The van der Waals surface area contributed by atoms with Gasteiger partial charge >= 0.3 is 0 Å². The molecule has 0 saturated heterocycles. The number of likely N-dealkylation sites (N-methyl/N-ethyl adjacent to an activating group) is 1. The minimum Gasteiger partial charge on any atom is -0.504 e. The van der Waals surface area contributed by atoms with E-state index in [2.05, 4.69) is 55.3 Å². The Morgan fingerprint density at radius 3 is 2.50 bits per heavy atom. The molecule has 0 radical (unpaired) electrons. The van der Waals surface area contributed by atoms with Crippen LogP contribution in [0, 0.1) is 6.92 Å². The predicted molar refractivity (Wildman–Crippen MR) is 133 cm³/mol. The van der Waals surface area contributed by atoms with Crippen molar-refractivity contribution < 1.29 is 14.6 Å². The van der Waals surface area contributed by atoms with E-state index in [9.17, 15) is 5.11 Å². The van der Waals surface area contributed by atoms with Gasteiger partial charge in [-0.2, -0.15) is 0 Å². The minimum atomic E-state index is 0. The van der Waals surface area contributed by atoms with Gasteiger partial charge in [-0.05, 0) is 73.7 Å². The van der Waals surface area contributed by atoms with Gasteiger partial charge in [0.25, 0.3) is 0 Å². The summed E-state index contributed by atoms with van der Waals surface area (Å²) in [5, 5.41) is 11.2. The van der Waals surface area contributed by atoms with E-state index in [0.29, 0.717) is 11.8 Å². The number of ether oxygens (including phenoxy) is 2. The molecule has 4 rings (SSSR count). The summed E-state index contributed by atoms with van der Waals surface area (Å²) in [6.45, 7) is 3.09. The average Bonchev–Trinajstić information content (AvgIpc) is 2.82. The number of nitrogens with zero attached hydrogens (tertiary/aromatic N) is 1. The molecule has 1 unspecified atom stereocenters. The summed E-state index contributed by atoms with van der Waals surface area (Å²) in [5.74, 6) is 1.49. The second-order valence-corrected chi connectivity index (χ2v) is 8.46. The van der Waals surface area contributed by atoms with Gasteiger partial charge in [-0.25, -0.2) is 0 Å². The van der Waals surface area contributed by atoms with Crippen molar-refractivity contribution >= 4 is 12.4 Å². The van der Waals surface area contributed by atoms with E-state index in [1.807, 2.05) is 18.2 Å². The molecule has 0 fully saturated rings. The van der Waals surface area contributed by atoms with Crippen molar-refractivity contribution in [3.8, 4) is 28.4 Å². The van der Waals surface area contributed by atoms with Gasteiger partial charge in [-0.1, -0.05) is 42.0 Å². The summed E-state index contributed by atoms with van der Waals surface area (Å²) in [6.07, 6.45) is 2.70. The molecule has 0 amide bonds. The molecular formula is C27H32ClNO3. The second-order valence-electron chi connectivity index (χ2n) is 8.46. The summed E-state index contributed by atoms with van der Waals surface area (Å²) in [6, 6.07) is 19.2. The van der Waals surface area contributed by atoms with Crippen LogP contribution in [0.15, 0.2) is 54.6 Å². The van der Waals surface area contributed by atoms with Gasteiger partial charge in [-0.15, -0.1) is 12.4 Å². The van der Waals surface area contributed by atoms with Gasteiger partial charge < -0.3 is 19.5 Å². The number of hydrogen-bond donors (Lipinski definition) is 1. The van der Waals surface area contributed by atoms with Crippen LogP contribution in [0.25, 0.3) is 11.1 Å². The maximum atomic E-state index is 11.2. The molecule has 3 aromatic carbocycles. The van der Waals surface area contributed by atoms with Crippen molar-refractivity contribution in [1.82, 2.24) is 4.90 Å². The monoisotopic (exact) mass is 453 g/mol. The number of phenols is 1. The van der Waals surface area contributed by atoms with Gasteiger partial charge in [0.2, 0.25) is 0 Å². The van der Waals surface area contributed by atoms with Crippen molar-refractivity contribution in [3.63, 3.8) is 0 Å². The Hall–Kier alpha value is -2.69. The van der Waals surface area contributed by atoms with Crippen LogP contribution >= 0.6 is 12.4 Å².